The monoisotopic (exact) mass is 171 g/mol. The third-order valence-corrected chi connectivity index (χ3v) is 1.27. The molecule has 0 amide bonds. The number of anilines is 1. The lowest BCUT2D eigenvalue weighted by Gasteiger charge is -2.00. The minimum atomic E-state index is -0.941. The minimum Gasteiger partial charge on any atom is -0.481 e. The van der Waals surface area contributed by atoms with Gasteiger partial charge in [0.1, 0.15) is 17.9 Å². The Labute approximate surface area is 68.9 Å². The molecular formula is C7H9NO4. The SMILES string of the molecule is CONc1ccoc1CC(=O)O. The van der Waals surface area contributed by atoms with Crippen molar-refractivity contribution in [2.45, 2.75) is 6.42 Å². The van der Waals surface area contributed by atoms with Crippen molar-refractivity contribution in [2.75, 3.05) is 12.6 Å². The van der Waals surface area contributed by atoms with E-state index in [1.165, 1.54) is 13.4 Å². The van der Waals surface area contributed by atoms with Gasteiger partial charge >= 0.3 is 5.97 Å². The van der Waals surface area contributed by atoms with Crippen molar-refractivity contribution in [3.8, 4) is 0 Å². The van der Waals surface area contributed by atoms with Gasteiger partial charge in [0.25, 0.3) is 0 Å². The first-order chi connectivity index (χ1) is 5.74. The second-order valence-electron chi connectivity index (χ2n) is 2.13. The molecule has 12 heavy (non-hydrogen) atoms. The van der Waals surface area contributed by atoms with E-state index in [0.717, 1.165) is 0 Å². The van der Waals surface area contributed by atoms with Crippen LogP contribution in [0, 0.1) is 0 Å². The highest BCUT2D eigenvalue weighted by Gasteiger charge is 2.09. The molecule has 0 aromatic carbocycles. The number of nitrogens with one attached hydrogen (secondary N) is 1. The summed E-state index contributed by atoms with van der Waals surface area (Å²) in [6.07, 6.45) is 1.25. The van der Waals surface area contributed by atoms with E-state index in [1.807, 2.05) is 0 Å². The van der Waals surface area contributed by atoms with E-state index in [2.05, 4.69) is 10.3 Å². The van der Waals surface area contributed by atoms with Gasteiger partial charge in [-0.05, 0) is 0 Å². The van der Waals surface area contributed by atoms with Crippen molar-refractivity contribution in [1.82, 2.24) is 0 Å². The molecule has 0 aliphatic carbocycles. The molecule has 0 saturated carbocycles. The first kappa shape index (κ1) is 8.61. The van der Waals surface area contributed by atoms with Crippen molar-refractivity contribution in [3.05, 3.63) is 18.1 Å². The number of carbonyl (C=O) groups is 1. The van der Waals surface area contributed by atoms with Gasteiger partial charge in [0.15, 0.2) is 0 Å². The first-order valence-corrected chi connectivity index (χ1v) is 3.31. The summed E-state index contributed by atoms with van der Waals surface area (Å²) in [4.78, 5) is 14.9. The fourth-order valence-corrected chi connectivity index (χ4v) is 0.816. The summed E-state index contributed by atoms with van der Waals surface area (Å²) in [5, 5.41) is 8.45. The van der Waals surface area contributed by atoms with Crippen LogP contribution >= 0.6 is 0 Å². The molecule has 0 unspecified atom stereocenters. The molecule has 0 saturated heterocycles. The normalized spacial score (nSPS) is 9.75. The number of rotatable bonds is 4. The Morgan fingerprint density at radius 3 is 3.17 bits per heavy atom. The molecule has 0 aliphatic heterocycles. The molecule has 1 aromatic heterocycles. The van der Waals surface area contributed by atoms with Crippen LogP contribution in [0.4, 0.5) is 5.69 Å². The minimum absolute atomic E-state index is 0.154. The molecule has 5 heteroatoms. The Kier molecular flexibility index (Phi) is 2.71. The maximum atomic E-state index is 10.3. The standard InChI is InChI=1S/C7H9NO4/c1-11-8-5-2-3-12-6(5)4-7(9)10/h2-3,8H,4H2,1H3,(H,9,10). The summed E-state index contributed by atoms with van der Waals surface area (Å²) >= 11 is 0. The lowest BCUT2D eigenvalue weighted by molar-refractivity contribution is -0.136. The zero-order valence-electron chi connectivity index (χ0n) is 6.53. The fraction of sp³-hybridized carbons (Fsp3) is 0.286. The molecule has 0 radical (unpaired) electrons. The maximum Gasteiger partial charge on any atom is 0.311 e. The van der Waals surface area contributed by atoms with Crippen LogP contribution in [-0.2, 0) is 16.1 Å². The second kappa shape index (κ2) is 3.77. The topological polar surface area (TPSA) is 71.7 Å². The molecule has 5 nitrogen and oxygen atoms in total. The van der Waals surface area contributed by atoms with E-state index in [9.17, 15) is 4.79 Å². The number of carboxylic acids is 1. The van der Waals surface area contributed by atoms with E-state index < -0.39 is 5.97 Å². The molecule has 0 fully saturated rings. The largest absolute Gasteiger partial charge is 0.481 e. The van der Waals surface area contributed by atoms with E-state index in [0.29, 0.717) is 11.4 Å². The van der Waals surface area contributed by atoms with Crippen LogP contribution in [0.1, 0.15) is 5.76 Å². The Hall–Kier alpha value is -1.49. The third kappa shape index (κ3) is 2.00. The van der Waals surface area contributed by atoms with Crippen molar-refractivity contribution in [3.63, 3.8) is 0 Å². The predicted molar refractivity (Wildman–Crippen MR) is 40.7 cm³/mol. The molecule has 66 valence electrons. The Morgan fingerprint density at radius 2 is 2.58 bits per heavy atom. The number of hydrogen-bond acceptors (Lipinski definition) is 4. The van der Waals surface area contributed by atoms with Gasteiger partial charge in [-0.2, -0.15) is 0 Å². The van der Waals surface area contributed by atoms with E-state index in [4.69, 9.17) is 9.52 Å². The zero-order valence-corrected chi connectivity index (χ0v) is 6.53. The smallest absolute Gasteiger partial charge is 0.311 e. The number of aliphatic carboxylic acids is 1. The third-order valence-electron chi connectivity index (χ3n) is 1.27. The van der Waals surface area contributed by atoms with Crippen molar-refractivity contribution in [1.29, 1.82) is 0 Å². The molecular weight excluding hydrogens is 162 g/mol. The van der Waals surface area contributed by atoms with E-state index in [1.54, 1.807) is 6.07 Å². The highest BCUT2D eigenvalue weighted by molar-refractivity contribution is 5.71. The van der Waals surface area contributed by atoms with Crippen molar-refractivity contribution >= 4 is 11.7 Å². The average molecular weight is 171 g/mol. The molecule has 0 bridgehead atoms. The van der Waals surface area contributed by atoms with Crippen LogP contribution in [0.3, 0.4) is 0 Å². The van der Waals surface area contributed by atoms with Crippen LogP contribution in [0.5, 0.6) is 0 Å². The summed E-state index contributed by atoms with van der Waals surface area (Å²) in [6.45, 7) is 0. The first-order valence-electron chi connectivity index (χ1n) is 3.31. The zero-order chi connectivity index (χ0) is 8.97. The number of hydrogen-bond donors (Lipinski definition) is 2. The Morgan fingerprint density at radius 1 is 1.83 bits per heavy atom. The molecule has 0 aliphatic rings. The average Bonchev–Trinajstić information content (AvgIpc) is 2.37. The molecule has 0 spiro atoms. The summed E-state index contributed by atoms with van der Waals surface area (Å²) in [6, 6.07) is 1.60. The second-order valence-corrected chi connectivity index (χ2v) is 2.13. The summed E-state index contributed by atoms with van der Waals surface area (Å²) in [7, 11) is 1.44. The van der Waals surface area contributed by atoms with Crippen molar-refractivity contribution in [2.24, 2.45) is 0 Å². The highest BCUT2D eigenvalue weighted by Crippen LogP contribution is 2.16. The Bertz CT molecular complexity index is 268. The predicted octanol–water partition coefficient (Wildman–Crippen LogP) is 0.880. The maximum absolute atomic E-state index is 10.3. The van der Waals surface area contributed by atoms with Gasteiger partial charge in [0, 0.05) is 6.07 Å². The number of carboxylic acid groups (broad SMARTS) is 1. The van der Waals surface area contributed by atoms with Crippen LogP contribution in [-0.4, -0.2) is 18.2 Å². The van der Waals surface area contributed by atoms with Crippen LogP contribution in [0.15, 0.2) is 16.7 Å². The van der Waals surface area contributed by atoms with E-state index in [-0.39, 0.29) is 6.42 Å². The Balaban J connectivity index is 2.69. The van der Waals surface area contributed by atoms with Gasteiger partial charge < -0.3 is 9.52 Å². The van der Waals surface area contributed by atoms with Crippen molar-refractivity contribution < 1.29 is 19.2 Å². The van der Waals surface area contributed by atoms with Gasteiger partial charge in [-0.3, -0.25) is 15.1 Å². The summed E-state index contributed by atoms with van der Waals surface area (Å²) in [5.41, 5.74) is 3.05. The van der Waals surface area contributed by atoms with Gasteiger partial charge in [-0.1, -0.05) is 0 Å². The quantitative estimate of drug-likeness (QED) is 0.658. The summed E-state index contributed by atoms with van der Waals surface area (Å²) in [5.74, 6) is -0.589. The van der Waals surface area contributed by atoms with Crippen LogP contribution in [0.25, 0.3) is 0 Å². The molecule has 1 heterocycles. The molecule has 0 atom stereocenters. The van der Waals surface area contributed by atoms with E-state index >= 15 is 0 Å². The number of furan rings is 1. The lowest BCUT2D eigenvalue weighted by Crippen LogP contribution is -2.03. The van der Waals surface area contributed by atoms with Gasteiger partial charge in [0.05, 0.1) is 13.4 Å². The van der Waals surface area contributed by atoms with Gasteiger partial charge in [-0.15, -0.1) is 0 Å². The molecule has 1 aromatic rings. The molecule has 2 N–H and O–H groups in total. The summed E-state index contributed by atoms with van der Waals surface area (Å²) < 4.78 is 4.90. The highest BCUT2D eigenvalue weighted by atomic mass is 16.6. The molecule has 1 rings (SSSR count). The fourth-order valence-electron chi connectivity index (χ4n) is 0.816. The lowest BCUT2D eigenvalue weighted by atomic mass is 10.3. The van der Waals surface area contributed by atoms with Gasteiger partial charge in [-0.25, -0.2) is 0 Å². The van der Waals surface area contributed by atoms with Crippen LogP contribution < -0.4 is 5.48 Å². The van der Waals surface area contributed by atoms with Crippen LogP contribution in [0.2, 0.25) is 0 Å². The van der Waals surface area contributed by atoms with Gasteiger partial charge in [0.2, 0.25) is 0 Å².